The van der Waals surface area contributed by atoms with Crippen LogP contribution in [-0.2, 0) is 12.8 Å². The maximum atomic E-state index is 13.2. The highest BCUT2D eigenvalue weighted by Gasteiger charge is 2.20. The van der Waals surface area contributed by atoms with E-state index in [-0.39, 0.29) is 5.78 Å². The van der Waals surface area contributed by atoms with E-state index in [0.717, 1.165) is 46.2 Å². The Morgan fingerprint density at radius 2 is 1.33 bits per heavy atom. The van der Waals surface area contributed by atoms with Gasteiger partial charge in [-0.2, -0.15) is 0 Å². The van der Waals surface area contributed by atoms with Gasteiger partial charge in [0.25, 0.3) is 0 Å². The fraction of sp³-hybridized carbons (Fsp3) is 0.350. The minimum atomic E-state index is 0.180. The number of benzene rings is 2. The van der Waals surface area contributed by atoms with Gasteiger partial charge in [-0.15, -0.1) is 0 Å². The van der Waals surface area contributed by atoms with Gasteiger partial charge in [0.2, 0.25) is 0 Å². The van der Waals surface area contributed by atoms with Crippen LogP contribution >= 0.6 is 0 Å². The molecule has 0 unspecified atom stereocenters. The molecule has 2 aromatic carbocycles. The standard InChI is InChI=1S/C20H24O/c1-6-16-9-8-10-17(7-2)19(16)20(21)18-14(4)11-13(3)12-15(18)5/h8-12H,6-7H2,1-5H3. The molecule has 0 aliphatic heterocycles. The minimum absolute atomic E-state index is 0.180. The average Bonchev–Trinajstić information content (AvgIpc) is 2.44. The first-order chi connectivity index (χ1) is 9.99. The molecule has 0 fully saturated rings. The quantitative estimate of drug-likeness (QED) is 0.723. The molecule has 110 valence electrons. The van der Waals surface area contributed by atoms with E-state index in [1.807, 2.05) is 13.8 Å². The Morgan fingerprint density at radius 3 is 1.76 bits per heavy atom. The van der Waals surface area contributed by atoms with Crippen LogP contribution in [0.3, 0.4) is 0 Å². The summed E-state index contributed by atoms with van der Waals surface area (Å²) in [6, 6.07) is 10.4. The number of carbonyl (C=O) groups excluding carboxylic acids is 1. The van der Waals surface area contributed by atoms with Gasteiger partial charge in [-0.1, -0.05) is 49.7 Å². The number of hydrogen-bond donors (Lipinski definition) is 0. The maximum absolute atomic E-state index is 13.2. The van der Waals surface area contributed by atoms with Gasteiger partial charge in [0.15, 0.2) is 5.78 Å². The van der Waals surface area contributed by atoms with E-state index in [9.17, 15) is 4.79 Å². The van der Waals surface area contributed by atoms with Crippen molar-refractivity contribution in [2.75, 3.05) is 0 Å². The van der Waals surface area contributed by atoms with Crippen LogP contribution in [0.5, 0.6) is 0 Å². The molecule has 0 saturated heterocycles. The van der Waals surface area contributed by atoms with Crippen LogP contribution in [-0.4, -0.2) is 5.78 Å². The van der Waals surface area contributed by atoms with Gasteiger partial charge >= 0.3 is 0 Å². The Morgan fingerprint density at radius 1 is 0.857 bits per heavy atom. The van der Waals surface area contributed by atoms with Crippen LogP contribution < -0.4 is 0 Å². The Labute approximate surface area is 128 Å². The molecule has 0 N–H and O–H groups in total. The molecule has 0 saturated carbocycles. The van der Waals surface area contributed by atoms with Gasteiger partial charge in [0, 0.05) is 11.1 Å². The molecule has 0 radical (unpaired) electrons. The number of carbonyl (C=O) groups is 1. The lowest BCUT2D eigenvalue weighted by molar-refractivity contribution is 0.103. The number of aryl methyl sites for hydroxylation is 5. The second-order valence-electron chi connectivity index (χ2n) is 5.76. The van der Waals surface area contributed by atoms with Crippen LogP contribution in [0.1, 0.15) is 57.6 Å². The Bertz CT molecular complexity index is 635. The van der Waals surface area contributed by atoms with Crippen molar-refractivity contribution < 1.29 is 4.79 Å². The lowest BCUT2D eigenvalue weighted by atomic mass is 9.87. The lowest BCUT2D eigenvalue weighted by Gasteiger charge is -2.15. The fourth-order valence-corrected chi connectivity index (χ4v) is 3.20. The van der Waals surface area contributed by atoms with Crippen LogP contribution in [0.15, 0.2) is 30.3 Å². The Kier molecular flexibility index (Phi) is 4.62. The number of rotatable bonds is 4. The summed E-state index contributed by atoms with van der Waals surface area (Å²) >= 11 is 0. The third-order valence-corrected chi connectivity index (χ3v) is 4.13. The van der Waals surface area contributed by atoms with Gasteiger partial charge in [-0.05, 0) is 55.9 Å². The zero-order valence-corrected chi connectivity index (χ0v) is 13.7. The average molecular weight is 280 g/mol. The Hall–Kier alpha value is -1.89. The predicted octanol–water partition coefficient (Wildman–Crippen LogP) is 4.97. The Balaban J connectivity index is 2.66. The molecule has 0 bridgehead atoms. The zero-order chi connectivity index (χ0) is 15.6. The minimum Gasteiger partial charge on any atom is -0.289 e. The van der Waals surface area contributed by atoms with Crippen molar-refractivity contribution in [3.8, 4) is 0 Å². The second-order valence-corrected chi connectivity index (χ2v) is 5.76. The molecule has 2 rings (SSSR count). The normalized spacial score (nSPS) is 10.7. The van der Waals surface area contributed by atoms with E-state index in [4.69, 9.17) is 0 Å². The summed E-state index contributed by atoms with van der Waals surface area (Å²) in [5.41, 5.74) is 7.45. The van der Waals surface area contributed by atoms with Crippen molar-refractivity contribution in [3.05, 3.63) is 69.3 Å². The van der Waals surface area contributed by atoms with E-state index in [0.29, 0.717) is 0 Å². The zero-order valence-electron chi connectivity index (χ0n) is 13.7. The molecule has 1 heteroatoms. The molecular formula is C20H24O. The molecule has 0 aromatic heterocycles. The smallest absolute Gasteiger partial charge is 0.194 e. The molecule has 2 aromatic rings. The van der Waals surface area contributed by atoms with Crippen molar-refractivity contribution in [3.63, 3.8) is 0 Å². The van der Waals surface area contributed by atoms with Crippen LogP contribution in [0.2, 0.25) is 0 Å². The first kappa shape index (κ1) is 15.5. The van der Waals surface area contributed by atoms with Crippen molar-refractivity contribution >= 4 is 5.78 Å². The fourth-order valence-electron chi connectivity index (χ4n) is 3.20. The lowest BCUT2D eigenvalue weighted by Crippen LogP contribution is -2.12. The van der Waals surface area contributed by atoms with E-state index in [1.54, 1.807) is 0 Å². The molecule has 0 spiro atoms. The summed E-state index contributed by atoms with van der Waals surface area (Å²) in [6.45, 7) is 10.4. The maximum Gasteiger partial charge on any atom is 0.194 e. The SMILES string of the molecule is CCc1cccc(CC)c1C(=O)c1c(C)cc(C)cc1C. The molecule has 1 nitrogen and oxygen atoms in total. The molecule has 0 aliphatic carbocycles. The monoisotopic (exact) mass is 280 g/mol. The van der Waals surface area contributed by atoms with Gasteiger partial charge in [0.05, 0.1) is 0 Å². The summed E-state index contributed by atoms with van der Waals surface area (Å²) in [5, 5.41) is 0. The van der Waals surface area contributed by atoms with Crippen molar-refractivity contribution in [2.45, 2.75) is 47.5 Å². The summed E-state index contributed by atoms with van der Waals surface area (Å²) in [5.74, 6) is 0.180. The largest absolute Gasteiger partial charge is 0.289 e. The topological polar surface area (TPSA) is 17.1 Å². The van der Waals surface area contributed by atoms with E-state index in [1.165, 1.54) is 5.56 Å². The molecule has 0 amide bonds. The predicted molar refractivity (Wildman–Crippen MR) is 89.3 cm³/mol. The van der Waals surface area contributed by atoms with E-state index < -0.39 is 0 Å². The van der Waals surface area contributed by atoms with Gasteiger partial charge in [0.1, 0.15) is 0 Å². The van der Waals surface area contributed by atoms with Crippen molar-refractivity contribution in [1.29, 1.82) is 0 Å². The summed E-state index contributed by atoms with van der Waals surface area (Å²) in [6.07, 6.45) is 1.78. The second kappa shape index (κ2) is 6.26. The van der Waals surface area contributed by atoms with Crippen LogP contribution in [0.25, 0.3) is 0 Å². The molecule has 0 atom stereocenters. The first-order valence-corrected chi connectivity index (χ1v) is 7.72. The van der Waals surface area contributed by atoms with E-state index in [2.05, 4.69) is 51.1 Å². The van der Waals surface area contributed by atoms with Gasteiger partial charge in [-0.3, -0.25) is 4.79 Å². The number of hydrogen-bond acceptors (Lipinski definition) is 1. The van der Waals surface area contributed by atoms with Gasteiger partial charge < -0.3 is 0 Å². The third kappa shape index (κ3) is 2.92. The highest BCUT2D eigenvalue weighted by molar-refractivity contribution is 6.12. The highest BCUT2D eigenvalue weighted by Crippen LogP contribution is 2.25. The van der Waals surface area contributed by atoms with Crippen LogP contribution in [0.4, 0.5) is 0 Å². The van der Waals surface area contributed by atoms with E-state index >= 15 is 0 Å². The van der Waals surface area contributed by atoms with Crippen molar-refractivity contribution in [1.82, 2.24) is 0 Å². The van der Waals surface area contributed by atoms with Crippen molar-refractivity contribution in [2.24, 2.45) is 0 Å². The first-order valence-electron chi connectivity index (χ1n) is 7.72. The number of ketones is 1. The highest BCUT2D eigenvalue weighted by atomic mass is 16.1. The molecule has 21 heavy (non-hydrogen) atoms. The summed E-state index contributed by atoms with van der Waals surface area (Å²) in [7, 11) is 0. The van der Waals surface area contributed by atoms with Gasteiger partial charge in [-0.25, -0.2) is 0 Å². The molecule has 0 aliphatic rings. The summed E-state index contributed by atoms with van der Waals surface area (Å²) < 4.78 is 0. The third-order valence-electron chi connectivity index (χ3n) is 4.13. The molecule has 0 heterocycles. The van der Waals surface area contributed by atoms with Crippen LogP contribution in [0, 0.1) is 20.8 Å². The summed E-state index contributed by atoms with van der Waals surface area (Å²) in [4.78, 5) is 13.2. The molecular weight excluding hydrogens is 256 g/mol.